The summed E-state index contributed by atoms with van der Waals surface area (Å²) >= 11 is 7.20. The van der Waals surface area contributed by atoms with E-state index in [4.69, 9.17) is 16.3 Å². The van der Waals surface area contributed by atoms with Crippen LogP contribution in [0.5, 0.6) is 0 Å². The van der Waals surface area contributed by atoms with Gasteiger partial charge in [0, 0.05) is 16.0 Å². The molecule has 0 atom stereocenters. The molecule has 27 heavy (non-hydrogen) atoms. The zero-order valence-corrected chi connectivity index (χ0v) is 16.9. The molecular formula is C18H20Cl2FN3O2S. The van der Waals surface area contributed by atoms with Gasteiger partial charge in [0.1, 0.15) is 5.82 Å². The fourth-order valence-corrected chi connectivity index (χ4v) is 4.60. The Morgan fingerprint density at radius 1 is 1.33 bits per heavy atom. The molecule has 9 heteroatoms. The van der Waals surface area contributed by atoms with Crippen molar-refractivity contribution in [3.05, 3.63) is 34.5 Å². The van der Waals surface area contributed by atoms with Crippen molar-refractivity contribution in [3.63, 3.8) is 0 Å². The highest BCUT2D eigenvalue weighted by Gasteiger charge is 2.40. The number of nitrogens with zero attached hydrogens (tertiary/aromatic N) is 2. The summed E-state index contributed by atoms with van der Waals surface area (Å²) in [7, 11) is 0. The van der Waals surface area contributed by atoms with Crippen LogP contribution in [0.3, 0.4) is 0 Å². The van der Waals surface area contributed by atoms with Gasteiger partial charge in [0.05, 0.1) is 17.0 Å². The Morgan fingerprint density at radius 3 is 2.74 bits per heavy atom. The average molecular weight is 432 g/mol. The molecule has 0 spiro atoms. The lowest BCUT2D eigenvalue weighted by molar-refractivity contribution is -0.0190. The number of hydrogen-bond acceptors (Lipinski definition) is 5. The van der Waals surface area contributed by atoms with E-state index in [2.05, 4.69) is 15.2 Å². The Morgan fingerprint density at radius 2 is 2.04 bits per heavy atom. The predicted molar refractivity (Wildman–Crippen MR) is 107 cm³/mol. The van der Waals surface area contributed by atoms with Crippen molar-refractivity contribution in [1.29, 1.82) is 0 Å². The van der Waals surface area contributed by atoms with E-state index < -0.39 is 11.9 Å². The molecule has 5 nitrogen and oxygen atoms in total. The monoisotopic (exact) mass is 431 g/mol. The number of piperidine rings is 3. The third kappa shape index (κ3) is 4.37. The van der Waals surface area contributed by atoms with E-state index in [0.717, 1.165) is 38.9 Å². The lowest BCUT2D eigenvalue weighted by Gasteiger charge is -2.47. The maximum absolute atomic E-state index is 14.1. The number of fused-ring (bicyclic) bond motifs is 3. The van der Waals surface area contributed by atoms with Crippen LogP contribution in [0, 0.1) is 11.2 Å². The van der Waals surface area contributed by atoms with Crippen LogP contribution in [0.1, 0.15) is 19.3 Å². The van der Waals surface area contributed by atoms with Crippen molar-refractivity contribution in [3.8, 4) is 10.4 Å². The molecule has 3 aliphatic rings. The standard InChI is InChI=1S/C18H19ClFN3O2S.ClH/c19-12-1-2-14(20)13(9-12)15-16(21-11-26-15)22-17(24)25-10-18-3-6-23(7-4-18)8-5-18;/h1-2,9,11H,3-8,10H2,(H,22,24);1H. The molecule has 3 fully saturated rings. The first kappa shape index (κ1) is 20.3. The zero-order valence-electron chi connectivity index (χ0n) is 14.5. The topological polar surface area (TPSA) is 54.5 Å². The molecule has 1 aromatic heterocycles. The minimum absolute atomic E-state index is 0. The molecule has 1 amide bonds. The summed E-state index contributed by atoms with van der Waals surface area (Å²) in [4.78, 5) is 19.4. The van der Waals surface area contributed by atoms with Crippen LogP contribution in [0.25, 0.3) is 10.4 Å². The summed E-state index contributed by atoms with van der Waals surface area (Å²) < 4.78 is 19.6. The minimum Gasteiger partial charge on any atom is -0.449 e. The molecule has 4 heterocycles. The van der Waals surface area contributed by atoms with Gasteiger partial charge in [-0.1, -0.05) is 11.6 Å². The van der Waals surface area contributed by atoms with Crippen LogP contribution in [0.15, 0.2) is 23.7 Å². The molecule has 0 saturated carbocycles. The number of anilines is 1. The smallest absolute Gasteiger partial charge is 0.412 e. The Bertz CT molecular complexity index is 811. The van der Waals surface area contributed by atoms with Crippen LogP contribution in [-0.4, -0.2) is 42.2 Å². The van der Waals surface area contributed by atoms with E-state index in [9.17, 15) is 9.18 Å². The van der Waals surface area contributed by atoms with Crippen LogP contribution < -0.4 is 5.32 Å². The van der Waals surface area contributed by atoms with Gasteiger partial charge in [-0.2, -0.15) is 0 Å². The number of hydrogen-bond donors (Lipinski definition) is 1. The Kier molecular flexibility index (Phi) is 6.25. The maximum atomic E-state index is 14.1. The van der Waals surface area contributed by atoms with Crippen LogP contribution in [0.2, 0.25) is 5.02 Å². The van der Waals surface area contributed by atoms with Crippen molar-refractivity contribution < 1.29 is 13.9 Å². The van der Waals surface area contributed by atoms with E-state index >= 15 is 0 Å². The predicted octanol–water partition coefficient (Wildman–Crippen LogP) is 5.06. The van der Waals surface area contributed by atoms with E-state index in [1.807, 2.05) is 0 Å². The molecule has 0 radical (unpaired) electrons. The largest absolute Gasteiger partial charge is 0.449 e. The molecule has 1 aromatic carbocycles. The Hall–Kier alpha value is -1.41. The van der Waals surface area contributed by atoms with Crippen molar-refractivity contribution >= 4 is 47.3 Å². The lowest BCUT2D eigenvalue weighted by atomic mass is 9.73. The number of nitrogens with one attached hydrogen (secondary N) is 1. The van der Waals surface area contributed by atoms with Gasteiger partial charge in [0.15, 0.2) is 5.82 Å². The molecule has 3 saturated heterocycles. The van der Waals surface area contributed by atoms with E-state index in [-0.39, 0.29) is 23.6 Å². The summed E-state index contributed by atoms with van der Waals surface area (Å²) in [6, 6.07) is 4.31. The van der Waals surface area contributed by atoms with Crippen molar-refractivity contribution in [2.24, 2.45) is 5.41 Å². The first-order valence-corrected chi connectivity index (χ1v) is 9.86. The number of carbonyl (C=O) groups is 1. The summed E-state index contributed by atoms with van der Waals surface area (Å²) in [5.41, 5.74) is 1.98. The molecule has 0 unspecified atom stereocenters. The van der Waals surface area contributed by atoms with Gasteiger partial charge in [-0.25, -0.2) is 14.2 Å². The number of aromatic nitrogens is 1. The summed E-state index contributed by atoms with van der Waals surface area (Å²) in [5.74, 6) is -0.125. The summed E-state index contributed by atoms with van der Waals surface area (Å²) in [5, 5.41) is 3.07. The third-order valence-corrected chi connectivity index (χ3v) is 6.44. The molecule has 2 bridgehead atoms. The number of benzene rings is 1. The van der Waals surface area contributed by atoms with E-state index in [1.165, 1.54) is 29.5 Å². The number of ether oxygens (including phenoxy) is 1. The highest BCUT2D eigenvalue weighted by atomic mass is 35.5. The van der Waals surface area contributed by atoms with Crippen LogP contribution in [-0.2, 0) is 4.74 Å². The number of carbonyl (C=O) groups excluding carboxylic acids is 1. The van der Waals surface area contributed by atoms with Gasteiger partial charge < -0.3 is 9.64 Å². The highest BCUT2D eigenvalue weighted by molar-refractivity contribution is 7.13. The normalized spacial score (nSPS) is 23.6. The second kappa shape index (κ2) is 8.31. The van der Waals surface area contributed by atoms with Gasteiger partial charge in [0.25, 0.3) is 0 Å². The summed E-state index contributed by atoms with van der Waals surface area (Å²) in [6.45, 7) is 3.65. The molecule has 5 rings (SSSR count). The quantitative estimate of drug-likeness (QED) is 0.734. The first-order chi connectivity index (χ1) is 12.5. The third-order valence-electron chi connectivity index (χ3n) is 5.35. The van der Waals surface area contributed by atoms with Crippen LogP contribution >= 0.6 is 35.3 Å². The summed E-state index contributed by atoms with van der Waals surface area (Å²) in [6.07, 6.45) is 2.64. The van der Waals surface area contributed by atoms with E-state index in [1.54, 1.807) is 5.51 Å². The van der Waals surface area contributed by atoms with E-state index in [0.29, 0.717) is 22.1 Å². The Balaban J connectivity index is 0.00000210. The molecule has 1 N–H and O–H groups in total. The molecule has 2 aromatic rings. The van der Waals surface area contributed by atoms with Crippen molar-refractivity contribution in [2.45, 2.75) is 19.3 Å². The van der Waals surface area contributed by atoms with Gasteiger partial charge in [-0.3, -0.25) is 5.32 Å². The Labute approximate surface area is 172 Å². The number of thiazole rings is 1. The van der Waals surface area contributed by atoms with Crippen molar-refractivity contribution in [2.75, 3.05) is 31.6 Å². The number of halogens is 3. The van der Waals surface area contributed by atoms with Crippen molar-refractivity contribution in [1.82, 2.24) is 9.88 Å². The van der Waals surface area contributed by atoms with Gasteiger partial charge in [-0.15, -0.1) is 23.7 Å². The second-order valence-corrected chi connectivity index (χ2v) is 8.24. The van der Waals surface area contributed by atoms with Gasteiger partial charge >= 0.3 is 6.09 Å². The molecule has 3 aliphatic heterocycles. The van der Waals surface area contributed by atoms with Gasteiger partial charge in [-0.05, 0) is 57.1 Å². The molecule has 146 valence electrons. The first-order valence-electron chi connectivity index (χ1n) is 8.60. The van der Waals surface area contributed by atoms with Crippen LogP contribution in [0.4, 0.5) is 15.0 Å². The fourth-order valence-electron chi connectivity index (χ4n) is 3.66. The molecule has 0 aliphatic carbocycles. The highest BCUT2D eigenvalue weighted by Crippen LogP contribution is 2.40. The maximum Gasteiger partial charge on any atom is 0.412 e. The minimum atomic E-state index is -0.554. The SMILES string of the molecule is Cl.O=C(Nc1ncsc1-c1cc(Cl)ccc1F)OCC12CCN(CC1)CC2. The second-order valence-electron chi connectivity index (χ2n) is 6.95. The fraction of sp³-hybridized carbons (Fsp3) is 0.444. The average Bonchev–Trinajstić information content (AvgIpc) is 3.11. The number of amides is 1. The van der Waals surface area contributed by atoms with Gasteiger partial charge in [0.2, 0.25) is 0 Å². The molecular weight excluding hydrogens is 412 g/mol. The lowest BCUT2D eigenvalue weighted by Crippen LogP contribution is -2.50. The number of rotatable bonds is 4. The zero-order chi connectivity index (χ0) is 18.1.